The smallest absolute Gasteiger partial charge is 0.244 e. The molecule has 1 atom stereocenters. The van der Waals surface area contributed by atoms with Crippen molar-refractivity contribution < 1.29 is 14.4 Å². The maximum absolute atomic E-state index is 12.8. The molecule has 1 aromatic carbocycles. The van der Waals surface area contributed by atoms with Gasteiger partial charge >= 0.3 is 0 Å². The molecule has 1 aliphatic carbocycles. The first-order valence-electron chi connectivity index (χ1n) is 11.1. The van der Waals surface area contributed by atoms with Gasteiger partial charge in [-0.2, -0.15) is 0 Å². The van der Waals surface area contributed by atoms with Gasteiger partial charge < -0.3 is 25.8 Å². The van der Waals surface area contributed by atoms with E-state index in [2.05, 4.69) is 29.6 Å². The Bertz CT molecular complexity index is 981. The Morgan fingerprint density at radius 1 is 1.21 bits per heavy atom. The average molecular weight is 450 g/mol. The minimum Gasteiger partial charge on any atom is -0.400 e. The Labute approximate surface area is 194 Å². The number of aldehydes is 1. The summed E-state index contributed by atoms with van der Waals surface area (Å²) in [4.78, 5) is 37.6. The summed E-state index contributed by atoms with van der Waals surface area (Å²) in [7, 11) is 0. The number of rotatable bonds is 9. The third-order valence-corrected chi connectivity index (χ3v) is 5.62. The van der Waals surface area contributed by atoms with Crippen molar-refractivity contribution in [2.24, 2.45) is 11.6 Å². The highest BCUT2D eigenvalue weighted by Crippen LogP contribution is 2.22. The van der Waals surface area contributed by atoms with Crippen molar-refractivity contribution in [3.05, 3.63) is 77.7 Å². The zero-order valence-electron chi connectivity index (χ0n) is 18.7. The summed E-state index contributed by atoms with van der Waals surface area (Å²) in [5, 5.41) is 4.11. The summed E-state index contributed by atoms with van der Waals surface area (Å²) in [6, 6.07) is 9.68. The predicted octanol–water partition coefficient (Wildman–Crippen LogP) is 1.63. The van der Waals surface area contributed by atoms with Crippen molar-refractivity contribution >= 4 is 23.7 Å². The number of nitrogens with one attached hydrogen (secondary N) is 1. The van der Waals surface area contributed by atoms with E-state index in [0.29, 0.717) is 25.8 Å². The highest BCUT2D eigenvalue weighted by Gasteiger charge is 2.34. The number of benzene rings is 1. The molecule has 1 heterocycles. The minimum absolute atomic E-state index is 0.0446. The molecule has 1 aliphatic heterocycles. The molecule has 0 saturated carbocycles. The van der Waals surface area contributed by atoms with E-state index < -0.39 is 6.04 Å². The summed E-state index contributed by atoms with van der Waals surface area (Å²) < 4.78 is 0. The second kappa shape index (κ2) is 11.8. The maximum atomic E-state index is 12.8. The van der Waals surface area contributed by atoms with Crippen LogP contribution in [-0.4, -0.2) is 53.7 Å². The van der Waals surface area contributed by atoms with Crippen LogP contribution in [0, 0.1) is 0 Å². The number of hydrazine groups is 1. The highest BCUT2D eigenvalue weighted by molar-refractivity contribution is 5.89. The molecule has 1 aromatic rings. The van der Waals surface area contributed by atoms with Gasteiger partial charge in [0.25, 0.3) is 0 Å². The number of hydrogen-bond acceptors (Lipinski definition) is 6. The van der Waals surface area contributed by atoms with Crippen LogP contribution in [0.5, 0.6) is 0 Å². The van der Waals surface area contributed by atoms with Crippen molar-refractivity contribution in [1.82, 2.24) is 15.2 Å². The largest absolute Gasteiger partial charge is 0.400 e. The van der Waals surface area contributed by atoms with Crippen LogP contribution in [0.25, 0.3) is 5.57 Å². The normalized spacial score (nSPS) is 18.3. The minimum atomic E-state index is -0.520. The lowest BCUT2D eigenvalue weighted by Gasteiger charge is -2.26. The molecule has 8 nitrogen and oxygen atoms in total. The molecule has 2 amide bonds. The van der Waals surface area contributed by atoms with E-state index in [1.807, 2.05) is 30.4 Å². The molecule has 2 aliphatic rings. The first-order valence-corrected chi connectivity index (χ1v) is 11.1. The summed E-state index contributed by atoms with van der Waals surface area (Å²) in [6.07, 6.45) is 12.5. The first-order chi connectivity index (χ1) is 16.0. The summed E-state index contributed by atoms with van der Waals surface area (Å²) in [5.74, 6) is 5.38. The Balaban J connectivity index is 1.55. The van der Waals surface area contributed by atoms with E-state index >= 15 is 0 Å². The average Bonchev–Trinajstić information content (AvgIpc) is 3.18. The number of carbonyl (C=O) groups excluding carboxylic acids is 3. The Hall–Kier alpha value is -3.65. The van der Waals surface area contributed by atoms with E-state index in [1.54, 1.807) is 4.90 Å². The third-order valence-electron chi connectivity index (χ3n) is 5.62. The topological polar surface area (TPSA) is 122 Å². The van der Waals surface area contributed by atoms with Crippen LogP contribution in [0.1, 0.15) is 31.2 Å². The van der Waals surface area contributed by atoms with Crippen LogP contribution in [0.3, 0.4) is 0 Å². The van der Waals surface area contributed by atoms with Crippen molar-refractivity contribution in [2.75, 3.05) is 19.6 Å². The Kier molecular flexibility index (Phi) is 8.60. The second-order valence-electron chi connectivity index (χ2n) is 8.12. The van der Waals surface area contributed by atoms with E-state index in [-0.39, 0.29) is 30.5 Å². The molecule has 33 heavy (non-hydrogen) atoms. The molecule has 0 spiro atoms. The summed E-state index contributed by atoms with van der Waals surface area (Å²) >= 11 is 0. The number of nitrogens with two attached hydrogens (primary N) is 2. The maximum Gasteiger partial charge on any atom is 0.244 e. The number of nitrogens with zero attached hydrogens (tertiary/aromatic N) is 2. The van der Waals surface area contributed by atoms with Crippen LogP contribution >= 0.6 is 0 Å². The fourth-order valence-corrected chi connectivity index (χ4v) is 3.95. The lowest BCUT2D eigenvalue weighted by Crippen LogP contribution is -2.49. The van der Waals surface area contributed by atoms with Crippen LogP contribution in [-0.2, 0) is 14.4 Å². The van der Waals surface area contributed by atoms with Gasteiger partial charge in [-0.1, -0.05) is 54.6 Å². The lowest BCUT2D eigenvalue weighted by atomic mass is 10.0. The molecule has 0 bridgehead atoms. The van der Waals surface area contributed by atoms with Gasteiger partial charge in [0.2, 0.25) is 11.8 Å². The Morgan fingerprint density at radius 2 is 2.00 bits per heavy atom. The van der Waals surface area contributed by atoms with Gasteiger partial charge in [-0.3, -0.25) is 9.59 Å². The molecule has 174 valence electrons. The van der Waals surface area contributed by atoms with Crippen LogP contribution in [0.4, 0.5) is 0 Å². The summed E-state index contributed by atoms with van der Waals surface area (Å²) in [6.45, 7) is 0.773. The van der Waals surface area contributed by atoms with E-state index in [9.17, 15) is 14.4 Å². The van der Waals surface area contributed by atoms with Crippen molar-refractivity contribution in [3.8, 4) is 0 Å². The molecular formula is C25H31N5O3. The van der Waals surface area contributed by atoms with Gasteiger partial charge in [0, 0.05) is 31.4 Å². The van der Waals surface area contributed by atoms with E-state index in [1.165, 1.54) is 17.3 Å². The van der Waals surface area contributed by atoms with Gasteiger partial charge in [0.1, 0.15) is 18.9 Å². The van der Waals surface area contributed by atoms with Gasteiger partial charge in [-0.15, -0.1) is 0 Å². The molecule has 5 N–H and O–H groups in total. The fourth-order valence-electron chi connectivity index (χ4n) is 3.95. The van der Waals surface area contributed by atoms with Crippen molar-refractivity contribution in [1.29, 1.82) is 0 Å². The highest BCUT2D eigenvalue weighted by atomic mass is 16.2. The second-order valence-corrected chi connectivity index (χ2v) is 8.12. The lowest BCUT2D eigenvalue weighted by molar-refractivity contribution is -0.138. The van der Waals surface area contributed by atoms with Gasteiger partial charge in [-0.05, 0) is 36.0 Å². The molecule has 0 aromatic heterocycles. The standard InChI is InChI=1S/C25H31N5O3/c26-22(13-15-31)17-29(27)18-24(32)30-14-5-10-23(30)25(33)28-16-19-6-4-9-21(12-11-19)20-7-2-1-3-8-20/h1-4,6-8,11-12,15,17,23H,5,9-10,13-14,16,18,26-27H2,(H,28,33)/b22-17-. The van der Waals surface area contributed by atoms with Crippen LogP contribution in [0.2, 0.25) is 0 Å². The molecule has 0 radical (unpaired) electrons. The Morgan fingerprint density at radius 3 is 2.76 bits per heavy atom. The zero-order valence-corrected chi connectivity index (χ0v) is 18.7. The quantitative estimate of drug-likeness (QED) is 0.299. The first kappa shape index (κ1) is 24.0. The number of carbonyl (C=O) groups is 3. The van der Waals surface area contributed by atoms with E-state index in [0.717, 1.165) is 23.4 Å². The number of allylic oxidation sites excluding steroid dienone is 5. The van der Waals surface area contributed by atoms with Gasteiger partial charge in [-0.25, -0.2) is 5.84 Å². The SMILES string of the molecule is N/C(=C\N(N)CC(=O)N1CCCC1C(=O)NCC1=CC=C(c2ccccc2)CC=C1)CC=O. The van der Waals surface area contributed by atoms with Crippen molar-refractivity contribution in [2.45, 2.75) is 31.7 Å². The van der Waals surface area contributed by atoms with E-state index in [4.69, 9.17) is 11.6 Å². The predicted molar refractivity (Wildman–Crippen MR) is 128 cm³/mol. The fraction of sp³-hybridized carbons (Fsp3) is 0.320. The molecule has 1 unspecified atom stereocenters. The molecule has 1 fully saturated rings. The molecular weight excluding hydrogens is 418 g/mol. The van der Waals surface area contributed by atoms with Crippen LogP contribution < -0.4 is 16.9 Å². The van der Waals surface area contributed by atoms with Crippen molar-refractivity contribution in [3.63, 3.8) is 0 Å². The van der Waals surface area contributed by atoms with Crippen LogP contribution in [0.15, 0.2) is 72.1 Å². The van der Waals surface area contributed by atoms with Gasteiger partial charge in [0.15, 0.2) is 0 Å². The molecule has 8 heteroatoms. The third kappa shape index (κ3) is 6.92. The van der Waals surface area contributed by atoms with Gasteiger partial charge in [0.05, 0.1) is 0 Å². The zero-order chi connectivity index (χ0) is 23.6. The molecule has 1 saturated heterocycles. The monoisotopic (exact) mass is 449 g/mol. The number of likely N-dealkylation sites (tertiary alicyclic amines) is 1. The number of amides is 2. The summed E-state index contributed by atoms with van der Waals surface area (Å²) in [5.41, 5.74) is 9.32. The molecule has 3 rings (SSSR count). The number of hydrogen-bond donors (Lipinski definition) is 3.